The lowest BCUT2D eigenvalue weighted by Crippen LogP contribution is -2.53. The molecule has 10 heteroatoms. The number of carboxylic acids is 1. The smallest absolute Gasteiger partial charge is 0.480 e. The summed E-state index contributed by atoms with van der Waals surface area (Å²) in [5.41, 5.74) is 0.0455. The van der Waals surface area contributed by atoms with Gasteiger partial charge in [-0.05, 0) is 43.0 Å². The number of hydrogen-bond donors (Lipinski definition) is 2. The van der Waals surface area contributed by atoms with Crippen LogP contribution in [0.5, 0.6) is 5.75 Å². The Morgan fingerprint density at radius 2 is 1.82 bits per heavy atom. The van der Waals surface area contributed by atoms with Gasteiger partial charge >= 0.3 is 12.3 Å². The van der Waals surface area contributed by atoms with Gasteiger partial charge in [-0.25, -0.2) is 4.79 Å². The van der Waals surface area contributed by atoms with Crippen LogP contribution in [-0.4, -0.2) is 52.8 Å². The van der Waals surface area contributed by atoms with E-state index in [1.165, 1.54) is 4.90 Å². The SMILES string of the molecule is CC(C)C(NC(=O)c1ccc(OC(F)(F)F)cc1)C(=O)N1CCCC1C(=O)O. The highest BCUT2D eigenvalue weighted by Crippen LogP contribution is 2.23. The second kappa shape index (κ2) is 8.49. The summed E-state index contributed by atoms with van der Waals surface area (Å²) in [4.78, 5) is 37.8. The van der Waals surface area contributed by atoms with Crippen molar-refractivity contribution in [1.29, 1.82) is 0 Å². The van der Waals surface area contributed by atoms with Crippen LogP contribution in [0.1, 0.15) is 37.0 Å². The molecule has 1 aromatic carbocycles. The number of carbonyl (C=O) groups is 3. The van der Waals surface area contributed by atoms with Crippen LogP contribution in [0, 0.1) is 5.92 Å². The fourth-order valence-corrected chi connectivity index (χ4v) is 3.01. The van der Waals surface area contributed by atoms with Crippen LogP contribution in [-0.2, 0) is 9.59 Å². The molecule has 1 aliphatic heterocycles. The van der Waals surface area contributed by atoms with E-state index in [4.69, 9.17) is 0 Å². The van der Waals surface area contributed by atoms with Gasteiger partial charge in [0.15, 0.2) is 0 Å². The van der Waals surface area contributed by atoms with Crippen LogP contribution in [0.4, 0.5) is 13.2 Å². The summed E-state index contributed by atoms with van der Waals surface area (Å²) in [7, 11) is 0. The molecule has 2 rings (SSSR count). The van der Waals surface area contributed by atoms with Crippen molar-refractivity contribution in [3.63, 3.8) is 0 Å². The normalized spacial score (nSPS) is 18.1. The Morgan fingerprint density at radius 1 is 1.21 bits per heavy atom. The van der Waals surface area contributed by atoms with Gasteiger partial charge in [-0.2, -0.15) is 0 Å². The molecule has 0 aliphatic carbocycles. The fraction of sp³-hybridized carbons (Fsp3) is 0.500. The van der Waals surface area contributed by atoms with Crippen molar-refractivity contribution in [1.82, 2.24) is 10.2 Å². The number of aliphatic carboxylic acids is 1. The predicted octanol–water partition coefficient (Wildman–Crippen LogP) is 2.42. The van der Waals surface area contributed by atoms with E-state index in [1.54, 1.807) is 13.8 Å². The highest BCUT2D eigenvalue weighted by atomic mass is 19.4. The monoisotopic (exact) mass is 402 g/mol. The molecule has 2 amide bonds. The Hall–Kier alpha value is -2.78. The predicted molar refractivity (Wildman–Crippen MR) is 91.6 cm³/mol. The van der Waals surface area contributed by atoms with Gasteiger partial charge in [0.05, 0.1) is 0 Å². The zero-order chi connectivity index (χ0) is 21.1. The van der Waals surface area contributed by atoms with E-state index in [0.717, 1.165) is 24.3 Å². The molecule has 1 fully saturated rings. The number of likely N-dealkylation sites (tertiary alicyclic amines) is 1. The van der Waals surface area contributed by atoms with Gasteiger partial charge in [-0.15, -0.1) is 13.2 Å². The van der Waals surface area contributed by atoms with Gasteiger partial charge in [-0.3, -0.25) is 9.59 Å². The number of rotatable bonds is 6. The summed E-state index contributed by atoms with van der Waals surface area (Å²) < 4.78 is 40.4. The van der Waals surface area contributed by atoms with Gasteiger partial charge in [0, 0.05) is 12.1 Å². The van der Waals surface area contributed by atoms with Gasteiger partial charge in [-0.1, -0.05) is 13.8 Å². The molecular formula is C18H21F3N2O5. The highest BCUT2D eigenvalue weighted by Gasteiger charge is 2.38. The first-order valence-electron chi connectivity index (χ1n) is 8.69. The maximum atomic E-state index is 12.8. The molecule has 1 heterocycles. The molecule has 28 heavy (non-hydrogen) atoms. The largest absolute Gasteiger partial charge is 0.573 e. The minimum atomic E-state index is -4.84. The Balaban J connectivity index is 2.10. The van der Waals surface area contributed by atoms with Crippen LogP contribution in [0.15, 0.2) is 24.3 Å². The van der Waals surface area contributed by atoms with E-state index in [-0.39, 0.29) is 11.5 Å². The zero-order valence-electron chi connectivity index (χ0n) is 15.3. The number of carbonyl (C=O) groups excluding carboxylic acids is 2. The Morgan fingerprint density at radius 3 is 2.32 bits per heavy atom. The van der Waals surface area contributed by atoms with E-state index < -0.39 is 42.0 Å². The molecule has 0 bridgehead atoms. The number of carboxylic acid groups (broad SMARTS) is 1. The molecule has 7 nitrogen and oxygen atoms in total. The Labute approximate surface area is 159 Å². The molecule has 2 N–H and O–H groups in total. The van der Waals surface area contributed by atoms with E-state index in [9.17, 15) is 32.7 Å². The van der Waals surface area contributed by atoms with E-state index in [2.05, 4.69) is 10.1 Å². The first kappa shape index (κ1) is 21.5. The van der Waals surface area contributed by atoms with Crippen LogP contribution in [0.3, 0.4) is 0 Å². The molecule has 1 aliphatic rings. The molecule has 0 aromatic heterocycles. The third kappa shape index (κ3) is 5.37. The average molecular weight is 402 g/mol. The van der Waals surface area contributed by atoms with Crippen molar-refractivity contribution >= 4 is 17.8 Å². The molecule has 0 saturated carbocycles. The lowest BCUT2D eigenvalue weighted by atomic mass is 10.0. The molecule has 1 aromatic rings. The van der Waals surface area contributed by atoms with Gasteiger partial charge < -0.3 is 20.1 Å². The Bertz CT molecular complexity index is 734. The number of nitrogens with one attached hydrogen (secondary N) is 1. The average Bonchev–Trinajstić information content (AvgIpc) is 3.08. The fourth-order valence-electron chi connectivity index (χ4n) is 3.01. The van der Waals surface area contributed by atoms with E-state index in [1.807, 2.05) is 0 Å². The summed E-state index contributed by atoms with van der Waals surface area (Å²) >= 11 is 0. The topological polar surface area (TPSA) is 95.9 Å². The van der Waals surface area contributed by atoms with Crippen LogP contribution >= 0.6 is 0 Å². The van der Waals surface area contributed by atoms with E-state index >= 15 is 0 Å². The maximum absolute atomic E-state index is 12.8. The first-order valence-corrected chi connectivity index (χ1v) is 8.69. The third-order valence-electron chi connectivity index (χ3n) is 4.39. The van der Waals surface area contributed by atoms with E-state index in [0.29, 0.717) is 19.4 Å². The Kier molecular flexibility index (Phi) is 6.52. The van der Waals surface area contributed by atoms with Crippen LogP contribution < -0.4 is 10.1 Å². The minimum absolute atomic E-state index is 0.0455. The quantitative estimate of drug-likeness (QED) is 0.762. The van der Waals surface area contributed by atoms with Crippen molar-refractivity contribution in [2.45, 2.75) is 45.1 Å². The summed E-state index contributed by atoms with van der Waals surface area (Å²) in [6.07, 6.45) is -3.93. The number of benzene rings is 1. The van der Waals surface area contributed by atoms with Crippen LogP contribution in [0.2, 0.25) is 0 Å². The molecule has 154 valence electrons. The second-order valence-corrected chi connectivity index (χ2v) is 6.80. The van der Waals surface area contributed by atoms with Crippen LogP contribution in [0.25, 0.3) is 0 Å². The molecular weight excluding hydrogens is 381 g/mol. The van der Waals surface area contributed by atoms with Crippen molar-refractivity contribution in [3.05, 3.63) is 29.8 Å². The van der Waals surface area contributed by atoms with Crippen molar-refractivity contribution in [2.24, 2.45) is 5.92 Å². The second-order valence-electron chi connectivity index (χ2n) is 6.80. The number of nitrogens with zero attached hydrogens (tertiary/aromatic N) is 1. The van der Waals surface area contributed by atoms with Gasteiger partial charge in [0.1, 0.15) is 17.8 Å². The first-order chi connectivity index (χ1) is 13.0. The lowest BCUT2D eigenvalue weighted by molar-refractivity contribution is -0.274. The van der Waals surface area contributed by atoms with Gasteiger partial charge in [0.2, 0.25) is 5.91 Å². The van der Waals surface area contributed by atoms with Crippen molar-refractivity contribution < 1.29 is 37.4 Å². The van der Waals surface area contributed by atoms with Crippen molar-refractivity contribution in [3.8, 4) is 5.75 Å². The number of amides is 2. The summed E-state index contributed by atoms with van der Waals surface area (Å²) in [5.74, 6) is -3.04. The lowest BCUT2D eigenvalue weighted by Gasteiger charge is -2.29. The van der Waals surface area contributed by atoms with Crippen molar-refractivity contribution in [2.75, 3.05) is 6.54 Å². The summed E-state index contributed by atoms with van der Waals surface area (Å²) in [6.45, 7) is 3.70. The number of alkyl halides is 3. The number of ether oxygens (including phenoxy) is 1. The molecule has 2 unspecified atom stereocenters. The molecule has 2 atom stereocenters. The third-order valence-corrected chi connectivity index (χ3v) is 4.39. The minimum Gasteiger partial charge on any atom is -0.480 e. The standard InChI is InChI=1S/C18H21F3N2O5/c1-10(2)14(16(25)23-9-3-4-13(23)17(26)27)22-15(24)11-5-7-12(8-6-11)28-18(19,20)21/h5-8,10,13-14H,3-4,9H2,1-2H3,(H,22,24)(H,26,27). The highest BCUT2D eigenvalue weighted by molar-refractivity contribution is 5.98. The van der Waals surface area contributed by atoms with Gasteiger partial charge in [0.25, 0.3) is 5.91 Å². The maximum Gasteiger partial charge on any atom is 0.573 e. The molecule has 0 spiro atoms. The zero-order valence-corrected chi connectivity index (χ0v) is 15.3. The number of hydrogen-bond acceptors (Lipinski definition) is 4. The molecule has 1 saturated heterocycles. The number of halogens is 3. The molecule has 0 radical (unpaired) electrons. The summed E-state index contributed by atoms with van der Waals surface area (Å²) in [6, 6.07) is 2.40. The summed E-state index contributed by atoms with van der Waals surface area (Å²) in [5, 5.41) is 11.8.